The van der Waals surface area contributed by atoms with Crippen LogP contribution in [0.5, 0.6) is 0 Å². The summed E-state index contributed by atoms with van der Waals surface area (Å²) in [4.78, 5) is 18.2. The van der Waals surface area contributed by atoms with Crippen LogP contribution in [0.3, 0.4) is 0 Å². The van der Waals surface area contributed by atoms with E-state index in [1.165, 1.54) is 0 Å². The number of nitrogens with one attached hydrogen (secondary N) is 1. The predicted octanol–water partition coefficient (Wildman–Crippen LogP) is 6.66. The minimum Gasteiger partial charge on any atom is -0.345 e. The topological polar surface area (TPSA) is 42.0 Å². The highest BCUT2D eigenvalue weighted by Crippen LogP contribution is 2.29. The molecule has 0 saturated heterocycles. The van der Waals surface area contributed by atoms with Gasteiger partial charge in [0.05, 0.1) is 22.8 Å². The summed E-state index contributed by atoms with van der Waals surface area (Å²) in [5, 5.41) is 4.67. The Morgan fingerprint density at radius 2 is 1.67 bits per heavy atom. The molecule has 0 aliphatic carbocycles. The van der Waals surface area contributed by atoms with Crippen molar-refractivity contribution < 1.29 is 4.79 Å². The molecule has 4 rings (SSSR count). The van der Waals surface area contributed by atoms with Crippen molar-refractivity contribution in [3.05, 3.63) is 100 Å². The number of aryl methyl sites for hydroxylation is 2. The Hall–Kier alpha value is -3.17. The minimum absolute atomic E-state index is 0.105. The number of pyridine rings is 1. The summed E-state index contributed by atoms with van der Waals surface area (Å²) < 4.78 is 0. The molecule has 1 N–H and O–H groups in total. The summed E-state index contributed by atoms with van der Waals surface area (Å²) in [7, 11) is 0. The zero-order chi connectivity index (χ0) is 21.3. The van der Waals surface area contributed by atoms with E-state index in [4.69, 9.17) is 16.6 Å². The largest absolute Gasteiger partial charge is 0.345 e. The van der Waals surface area contributed by atoms with Crippen molar-refractivity contribution >= 4 is 28.4 Å². The standard InChI is InChI=1S/C26H23ClN2O/c1-16-13-17(2)25-22(14-16)23(15-24(29-25)20-9-11-21(27)12-10-20)26(30)28-18(3)19-7-5-4-6-8-19/h4-15,18H,1-3H3,(H,28,30)/t18-/m0/s1. The third-order valence-electron chi connectivity index (χ3n) is 5.28. The van der Waals surface area contributed by atoms with Crippen molar-refractivity contribution in [3.63, 3.8) is 0 Å². The quantitative estimate of drug-likeness (QED) is 0.405. The van der Waals surface area contributed by atoms with Crippen LogP contribution in [-0.2, 0) is 0 Å². The molecule has 1 aromatic heterocycles. The van der Waals surface area contributed by atoms with Gasteiger partial charge in [0.15, 0.2) is 0 Å². The summed E-state index contributed by atoms with van der Waals surface area (Å²) in [5.74, 6) is -0.112. The molecule has 150 valence electrons. The van der Waals surface area contributed by atoms with Crippen molar-refractivity contribution in [2.45, 2.75) is 26.8 Å². The first-order valence-electron chi connectivity index (χ1n) is 9.96. The Kier molecular flexibility index (Phi) is 5.56. The number of halogens is 1. The number of carbonyl (C=O) groups excluding carboxylic acids is 1. The molecule has 1 amide bonds. The van der Waals surface area contributed by atoms with E-state index in [2.05, 4.69) is 11.4 Å². The second-order valence-electron chi connectivity index (χ2n) is 7.65. The van der Waals surface area contributed by atoms with E-state index in [0.29, 0.717) is 10.6 Å². The molecule has 0 unspecified atom stereocenters. The van der Waals surface area contributed by atoms with Crippen molar-refractivity contribution in [1.82, 2.24) is 10.3 Å². The first-order valence-corrected chi connectivity index (χ1v) is 10.3. The lowest BCUT2D eigenvalue weighted by atomic mass is 9.99. The van der Waals surface area contributed by atoms with Gasteiger partial charge in [-0.05, 0) is 56.2 Å². The van der Waals surface area contributed by atoms with Gasteiger partial charge in [-0.15, -0.1) is 0 Å². The monoisotopic (exact) mass is 414 g/mol. The van der Waals surface area contributed by atoms with Gasteiger partial charge in [-0.2, -0.15) is 0 Å². The summed E-state index contributed by atoms with van der Waals surface area (Å²) in [6.45, 7) is 6.06. The predicted molar refractivity (Wildman–Crippen MR) is 124 cm³/mol. The normalized spacial score (nSPS) is 12.0. The van der Waals surface area contributed by atoms with E-state index in [-0.39, 0.29) is 11.9 Å². The van der Waals surface area contributed by atoms with Crippen LogP contribution in [-0.4, -0.2) is 10.9 Å². The van der Waals surface area contributed by atoms with Gasteiger partial charge in [0.2, 0.25) is 0 Å². The fourth-order valence-corrected chi connectivity index (χ4v) is 3.86. The van der Waals surface area contributed by atoms with E-state index in [9.17, 15) is 4.79 Å². The molecular weight excluding hydrogens is 392 g/mol. The van der Waals surface area contributed by atoms with Gasteiger partial charge in [0, 0.05) is 16.0 Å². The third kappa shape index (κ3) is 4.07. The van der Waals surface area contributed by atoms with Crippen LogP contribution in [0.2, 0.25) is 5.02 Å². The highest BCUT2D eigenvalue weighted by Gasteiger charge is 2.18. The molecule has 0 spiro atoms. The lowest BCUT2D eigenvalue weighted by molar-refractivity contribution is 0.0941. The summed E-state index contributed by atoms with van der Waals surface area (Å²) in [6.07, 6.45) is 0. The van der Waals surface area contributed by atoms with E-state index in [0.717, 1.165) is 38.9 Å². The Labute approximate surface area is 181 Å². The number of nitrogens with zero attached hydrogens (tertiary/aromatic N) is 1. The maximum absolute atomic E-state index is 13.3. The van der Waals surface area contributed by atoms with Crippen LogP contribution in [0.1, 0.15) is 40.0 Å². The number of benzene rings is 3. The maximum Gasteiger partial charge on any atom is 0.252 e. The molecule has 4 heteroatoms. The Morgan fingerprint density at radius 3 is 2.37 bits per heavy atom. The third-order valence-corrected chi connectivity index (χ3v) is 5.53. The number of rotatable bonds is 4. The van der Waals surface area contributed by atoms with E-state index in [1.54, 1.807) is 0 Å². The number of hydrogen-bond donors (Lipinski definition) is 1. The van der Waals surface area contributed by atoms with Crippen LogP contribution < -0.4 is 5.32 Å². The van der Waals surface area contributed by atoms with Gasteiger partial charge in [0.25, 0.3) is 5.91 Å². The second-order valence-corrected chi connectivity index (χ2v) is 8.08. The SMILES string of the molecule is Cc1cc(C)c2nc(-c3ccc(Cl)cc3)cc(C(=O)N[C@@H](C)c3ccccc3)c2c1. The molecule has 0 saturated carbocycles. The molecule has 30 heavy (non-hydrogen) atoms. The van der Waals surface area contributed by atoms with Gasteiger partial charge >= 0.3 is 0 Å². The number of hydrogen-bond acceptors (Lipinski definition) is 2. The molecule has 3 aromatic carbocycles. The lowest BCUT2D eigenvalue weighted by Gasteiger charge is -2.17. The van der Waals surface area contributed by atoms with Gasteiger partial charge in [-0.3, -0.25) is 4.79 Å². The molecular formula is C26H23ClN2O. The van der Waals surface area contributed by atoms with Crippen molar-refractivity contribution in [3.8, 4) is 11.3 Å². The fourth-order valence-electron chi connectivity index (χ4n) is 3.74. The van der Waals surface area contributed by atoms with E-state index >= 15 is 0 Å². The average Bonchev–Trinajstić information content (AvgIpc) is 2.74. The zero-order valence-electron chi connectivity index (χ0n) is 17.2. The average molecular weight is 415 g/mol. The van der Waals surface area contributed by atoms with Crippen molar-refractivity contribution in [1.29, 1.82) is 0 Å². The number of amides is 1. The molecule has 0 fully saturated rings. The van der Waals surface area contributed by atoms with Gasteiger partial charge < -0.3 is 5.32 Å². The Bertz CT molecular complexity index is 1220. The van der Waals surface area contributed by atoms with Crippen LogP contribution in [0.25, 0.3) is 22.2 Å². The molecule has 0 radical (unpaired) electrons. The lowest BCUT2D eigenvalue weighted by Crippen LogP contribution is -2.27. The Morgan fingerprint density at radius 1 is 0.967 bits per heavy atom. The molecule has 0 bridgehead atoms. The summed E-state index contributed by atoms with van der Waals surface area (Å²) in [5.41, 5.74) is 6.35. The minimum atomic E-state index is -0.112. The maximum atomic E-state index is 13.3. The van der Waals surface area contributed by atoms with Crippen molar-refractivity contribution in [2.24, 2.45) is 0 Å². The number of carbonyl (C=O) groups is 1. The van der Waals surface area contributed by atoms with E-state index in [1.807, 2.05) is 87.5 Å². The van der Waals surface area contributed by atoms with Crippen LogP contribution >= 0.6 is 11.6 Å². The number of fused-ring (bicyclic) bond motifs is 1. The van der Waals surface area contributed by atoms with Crippen molar-refractivity contribution in [2.75, 3.05) is 0 Å². The van der Waals surface area contributed by atoms with Gasteiger partial charge in [-0.25, -0.2) is 4.98 Å². The smallest absolute Gasteiger partial charge is 0.252 e. The van der Waals surface area contributed by atoms with Crippen LogP contribution in [0.15, 0.2) is 72.8 Å². The molecule has 3 nitrogen and oxygen atoms in total. The first-order chi connectivity index (χ1) is 14.4. The summed E-state index contributed by atoms with van der Waals surface area (Å²) in [6, 6.07) is 23.4. The second kappa shape index (κ2) is 8.29. The number of aromatic nitrogens is 1. The molecule has 0 aliphatic heterocycles. The van der Waals surface area contributed by atoms with Gasteiger partial charge in [-0.1, -0.05) is 65.7 Å². The highest BCUT2D eigenvalue weighted by atomic mass is 35.5. The fraction of sp³-hybridized carbons (Fsp3) is 0.154. The van der Waals surface area contributed by atoms with Gasteiger partial charge in [0.1, 0.15) is 0 Å². The first kappa shape index (κ1) is 20.1. The van der Waals surface area contributed by atoms with E-state index < -0.39 is 0 Å². The highest BCUT2D eigenvalue weighted by molar-refractivity contribution is 6.30. The summed E-state index contributed by atoms with van der Waals surface area (Å²) >= 11 is 6.05. The molecule has 1 atom stereocenters. The molecule has 1 heterocycles. The van der Waals surface area contributed by atoms with Crippen LogP contribution in [0.4, 0.5) is 0 Å². The molecule has 0 aliphatic rings. The Balaban J connectivity index is 1.82. The van der Waals surface area contributed by atoms with Crippen LogP contribution in [0, 0.1) is 13.8 Å². The zero-order valence-corrected chi connectivity index (χ0v) is 18.0. The molecule has 4 aromatic rings.